The van der Waals surface area contributed by atoms with Crippen LogP contribution in [-0.2, 0) is 6.54 Å². The van der Waals surface area contributed by atoms with Crippen molar-refractivity contribution in [3.63, 3.8) is 0 Å². The largest absolute Gasteiger partial charge is 0.354 e. The molecule has 2 N–H and O–H groups in total. The fourth-order valence-electron chi connectivity index (χ4n) is 1.81. The molecule has 0 spiro atoms. The normalized spacial score (nSPS) is 13.3. The molecule has 0 aliphatic rings. The number of aromatic nitrogens is 1. The van der Waals surface area contributed by atoms with Crippen molar-refractivity contribution in [1.29, 1.82) is 0 Å². The van der Waals surface area contributed by atoms with Crippen LogP contribution in [0.1, 0.15) is 56.1 Å². The molecule has 122 valence electrons. The predicted molar refractivity (Wildman–Crippen MR) is 104 cm³/mol. The Balaban J connectivity index is 0.00000400. The highest BCUT2D eigenvalue weighted by atomic mass is 127. The van der Waals surface area contributed by atoms with Gasteiger partial charge in [0.1, 0.15) is 5.01 Å². The number of guanidine groups is 1. The van der Waals surface area contributed by atoms with Gasteiger partial charge in [-0.25, -0.2) is 4.98 Å². The van der Waals surface area contributed by atoms with Gasteiger partial charge in [-0.3, -0.25) is 4.99 Å². The van der Waals surface area contributed by atoms with Crippen LogP contribution < -0.4 is 10.6 Å². The fraction of sp³-hybridized carbons (Fsp3) is 0.733. The molecule has 0 aromatic carbocycles. The van der Waals surface area contributed by atoms with Gasteiger partial charge in [0, 0.05) is 18.0 Å². The van der Waals surface area contributed by atoms with Crippen LogP contribution >= 0.6 is 35.3 Å². The molecule has 0 saturated heterocycles. The second-order valence-electron chi connectivity index (χ2n) is 5.81. The van der Waals surface area contributed by atoms with Gasteiger partial charge < -0.3 is 10.6 Å². The number of hydrogen-bond acceptors (Lipinski definition) is 3. The van der Waals surface area contributed by atoms with Gasteiger partial charge in [0.15, 0.2) is 5.96 Å². The first kappa shape index (κ1) is 20.6. The summed E-state index contributed by atoms with van der Waals surface area (Å²) in [6, 6.07) is 0.394. The van der Waals surface area contributed by atoms with Crippen LogP contribution in [0, 0.1) is 12.8 Å². The van der Waals surface area contributed by atoms with E-state index in [9.17, 15) is 0 Å². The molecule has 4 nitrogen and oxygen atoms in total. The van der Waals surface area contributed by atoms with Crippen LogP contribution in [-0.4, -0.2) is 24.0 Å². The first-order valence-electron chi connectivity index (χ1n) is 7.28. The third kappa shape index (κ3) is 6.50. The molecule has 1 unspecified atom stereocenters. The molecule has 1 aromatic rings. The van der Waals surface area contributed by atoms with Gasteiger partial charge in [-0.2, -0.15) is 0 Å². The van der Waals surface area contributed by atoms with Crippen LogP contribution in [0.25, 0.3) is 0 Å². The molecule has 1 atom stereocenters. The van der Waals surface area contributed by atoms with Gasteiger partial charge in [-0.15, -0.1) is 35.3 Å². The van der Waals surface area contributed by atoms with Gasteiger partial charge in [0.25, 0.3) is 0 Å². The first-order valence-corrected chi connectivity index (χ1v) is 8.10. The zero-order valence-corrected chi connectivity index (χ0v) is 17.3. The average molecular weight is 424 g/mol. The van der Waals surface area contributed by atoms with Crippen LogP contribution in [0.3, 0.4) is 0 Å². The zero-order chi connectivity index (χ0) is 15.3. The summed E-state index contributed by atoms with van der Waals surface area (Å²) in [5.41, 5.74) is 1.21. The van der Waals surface area contributed by atoms with Gasteiger partial charge >= 0.3 is 0 Å². The van der Waals surface area contributed by atoms with Crippen molar-refractivity contribution in [3.8, 4) is 0 Å². The Morgan fingerprint density at radius 3 is 2.29 bits per heavy atom. The third-order valence-corrected chi connectivity index (χ3v) is 4.41. The Bertz CT molecular complexity index is 455. The molecule has 0 saturated carbocycles. The molecule has 1 aromatic heterocycles. The zero-order valence-electron chi connectivity index (χ0n) is 14.2. The molecule has 0 aliphatic heterocycles. The maximum atomic E-state index is 4.70. The predicted octanol–water partition coefficient (Wildman–Crippen LogP) is 3.90. The van der Waals surface area contributed by atoms with E-state index >= 15 is 0 Å². The van der Waals surface area contributed by atoms with E-state index in [0.717, 1.165) is 17.5 Å². The Labute approximate surface area is 150 Å². The van der Waals surface area contributed by atoms with Gasteiger partial charge in [0.05, 0.1) is 12.2 Å². The summed E-state index contributed by atoms with van der Waals surface area (Å²) in [5.74, 6) is 1.90. The summed E-state index contributed by atoms with van der Waals surface area (Å²) in [6.45, 7) is 13.8. The number of hydrogen-bond donors (Lipinski definition) is 2. The lowest BCUT2D eigenvalue weighted by molar-refractivity contribution is 0.481. The minimum Gasteiger partial charge on any atom is -0.354 e. The minimum atomic E-state index is 0. The van der Waals surface area contributed by atoms with Gasteiger partial charge in [-0.05, 0) is 25.7 Å². The minimum absolute atomic E-state index is 0. The quantitative estimate of drug-likeness (QED) is 0.428. The monoisotopic (exact) mass is 424 g/mol. The van der Waals surface area contributed by atoms with E-state index in [1.807, 2.05) is 0 Å². The summed E-state index contributed by atoms with van der Waals surface area (Å²) in [7, 11) is 1.80. The van der Waals surface area contributed by atoms with E-state index in [2.05, 4.69) is 57.2 Å². The van der Waals surface area contributed by atoms with Gasteiger partial charge in [0.2, 0.25) is 0 Å². The van der Waals surface area contributed by atoms with Crippen molar-refractivity contribution >= 4 is 41.3 Å². The number of thiazole rings is 1. The number of halogens is 1. The molecule has 1 heterocycles. The molecule has 0 amide bonds. The molecular weight excluding hydrogens is 395 g/mol. The number of nitrogens with zero attached hydrogens (tertiary/aromatic N) is 2. The van der Waals surface area contributed by atoms with Crippen molar-refractivity contribution in [2.24, 2.45) is 10.9 Å². The summed E-state index contributed by atoms with van der Waals surface area (Å²) in [5, 5.41) is 7.85. The molecule has 0 bridgehead atoms. The highest BCUT2D eigenvalue weighted by Crippen LogP contribution is 2.23. The summed E-state index contributed by atoms with van der Waals surface area (Å²) in [6.07, 6.45) is 0. The van der Waals surface area contributed by atoms with E-state index in [-0.39, 0.29) is 24.0 Å². The summed E-state index contributed by atoms with van der Waals surface area (Å²) < 4.78 is 0. The maximum absolute atomic E-state index is 4.70. The van der Waals surface area contributed by atoms with E-state index in [4.69, 9.17) is 4.98 Å². The Morgan fingerprint density at radius 1 is 1.24 bits per heavy atom. The Kier molecular flexibility index (Phi) is 9.44. The molecule has 21 heavy (non-hydrogen) atoms. The highest BCUT2D eigenvalue weighted by Gasteiger charge is 2.12. The van der Waals surface area contributed by atoms with Crippen molar-refractivity contribution < 1.29 is 0 Å². The van der Waals surface area contributed by atoms with Crippen molar-refractivity contribution in [1.82, 2.24) is 15.6 Å². The van der Waals surface area contributed by atoms with Crippen LogP contribution in [0.15, 0.2) is 4.99 Å². The topological polar surface area (TPSA) is 49.3 Å². The van der Waals surface area contributed by atoms with Crippen molar-refractivity contribution in [3.05, 3.63) is 15.6 Å². The average Bonchev–Trinajstić information content (AvgIpc) is 2.75. The van der Waals surface area contributed by atoms with E-state index in [1.165, 1.54) is 10.6 Å². The number of nitrogens with one attached hydrogen (secondary N) is 2. The molecule has 6 heteroatoms. The van der Waals surface area contributed by atoms with Crippen LogP contribution in [0.2, 0.25) is 0 Å². The standard InChI is InChI=1S/C15H28N4S.HI/c1-9(2)11(5)18-15(16-7)17-8-13-19-14(10(3)4)12(6)20-13;/h9-11H,8H2,1-7H3,(H2,16,17,18);1H. The second kappa shape index (κ2) is 9.61. The van der Waals surface area contributed by atoms with Crippen LogP contribution in [0.4, 0.5) is 0 Å². The van der Waals surface area contributed by atoms with E-state index in [0.29, 0.717) is 17.9 Å². The van der Waals surface area contributed by atoms with Crippen molar-refractivity contribution in [2.75, 3.05) is 7.05 Å². The second-order valence-corrected chi connectivity index (χ2v) is 7.09. The number of aliphatic imine (C=N–C) groups is 1. The van der Waals surface area contributed by atoms with Crippen LogP contribution in [0.5, 0.6) is 0 Å². The maximum Gasteiger partial charge on any atom is 0.191 e. The Hall–Kier alpha value is -0.370. The molecule has 0 radical (unpaired) electrons. The fourth-order valence-corrected chi connectivity index (χ4v) is 2.84. The highest BCUT2D eigenvalue weighted by molar-refractivity contribution is 14.0. The first-order chi connectivity index (χ1) is 9.35. The molecule has 0 fully saturated rings. The number of rotatable bonds is 5. The van der Waals surface area contributed by atoms with Crippen molar-refractivity contribution in [2.45, 2.75) is 60.0 Å². The van der Waals surface area contributed by atoms with E-state index < -0.39 is 0 Å². The summed E-state index contributed by atoms with van der Waals surface area (Å²) >= 11 is 1.76. The molecular formula is C15H29IN4S. The van der Waals surface area contributed by atoms with E-state index in [1.54, 1.807) is 18.4 Å². The lowest BCUT2D eigenvalue weighted by Gasteiger charge is -2.20. The SMILES string of the molecule is CN=C(NCc1nc(C(C)C)c(C)s1)NC(C)C(C)C.I. The van der Waals surface area contributed by atoms with Gasteiger partial charge in [-0.1, -0.05) is 27.7 Å². The third-order valence-electron chi connectivity index (χ3n) is 3.42. The molecule has 0 aliphatic carbocycles. The summed E-state index contributed by atoms with van der Waals surface area (Å²) in [4.78, 5) is 10.3. The lowest BCUT2D eigenvalue weighted by Crippen LogP contribution is -2.43. The number of aryl methyl sites for hydroxylation is 1. The molecule has 1 rings (SSSR count). The Morgan fingerprint density at radius 2 is 1.86 bits per heavy atom. The smallest absolute Gasteiger partial charge is 0.191 e. The lowest BCUT2D eigenvalue weighted by atomic mass is 10.1.